The maximum absolute atomic E-state index is 12.6. The molecule has 0 N–H and O–H groups in total. The summed E-state index contributed by atoms with van der Waals surface area (Å²) in [5.74, 6) is 0. The fourth-order valence-electron chi connectivity index (χ4n) is 0.340. The minimum atomic E-state index is -1.56. The van der Waals surface area contributed by atoms with Gasteiger partial charge in [0.05, 0.1) is 0 Å². The Hall–Kier alpha value is -0.110. The van der Waals surface area contributed by atoms with Crippen molar-refractivity contribution < 1.29 is 9.18 Å². The van der Waals surface area contributed by atoms with E-state index in [1.165, 1.54) is 0 Å². The Bertz CT molecular complexity index is 117. The average Bonchev–Trinajstić information content (AvgIpc) is 1.62. The summed E-state index contributed by atoms with van der Waals surface area (Å²) >= 11 is 4.90. The third-order valence-electron chi connectivity index (χ3n) is 0.960. The van der Waals surface area contributed by atoms with E-state index in [0.717, 1.165) is 0 Å². The van der Waals surface area contributed by atoms with Gasteiger partial charge >= 0.3 is 0 Å². The molecule has 0 radical (unpaired) electrons. The molecule has 0 rings (SSSR count). The third-order valence-corrected chi connectivity index (χ3v) is 1.15. The molecule has 54 valence electrons. The molecule has 0 saturated carbocycles. The van der Waals surface area contributed by atoms with Crippen LogP contribution in [0.5, 0.6) is 0 Å². The minimum Gasteiger partial charge on any atom is -0.278 e. The van der Waals surface area contributed by atoms with Gasteiger partial charge in [0.1, 0.15) is 0 Å². The van der Waals surface area contributed by atoms with Crippen molar-refractivity contribution in [2.45, 2.75) is 26.9 Å². The number of carbonyl (C=O) groups is 1. The molecule has 1 nitrogen and oxygen atoms in total. The second kappa shape index (κ2) is 2.65. The summed E-state index contributed by atoms with van der Waals surface area (Å²) in [7, 11) is 0. The molecule has 0 heterocycles. The van der Waals surface area contributed by atoms with Crippen LogP contribution in [0, 0.1) is 5.41 Å². The zero-order chi connectivity index (χ0) is 7.65. The first kappa shape index (κ1) is 8.89. The normalized spacial score (nSPS) is 15.2. The smallest absolute Gasteiger partial charge is 0.256 e. The first-order valence-electron chi connectivity index (χ1n) is 2.69. The molecule has 0 bridgehead atoms. The second-order valence-electron chi connectivity index (χ2n) is 3.03. The highest BCUT2D eigenvalue weighted by Crippen LogP contribution is 2.23. The molecule has 1 unspecified atom stereocenters. The molecule has 0 aromatic heterocycles. The third kappa shape index (κ3) is 2.80. The molecule has 0 saturated heterocycles. The van der Waals surface area contributed by atoms with Crippen molar-refractivity contribution in [1.82, 2.24) is 0 Å². The van der Waals surface area contributed by atoms with Crippen LogP contribution in [0.1, 0.15) is 20.8 Å². The van der Waals surface area contributed by atoms with Crippen LogP contribution < -0.4 is 0 Å². The highest BCUT2D eigenvalue weighted by atomic mass is 35.5. The van der Waals surface area contributed by atoms with Gasteiger partial charge in [0.25, 0.3) is 5.24 Å². The first-order valence-corrected chi connectivity index (χ1v) is 3.07. The molecule has 0 aromatic rings. The lowest BCUT2D eigenvalue weighted by Gasteiger charge is -2.19. The molecule has 9 heavy (non-hydrogen) atoms. The van der Waals surface area contributed by atoms with E-state index in [-0.39, 0.29) is 0 Å². The van der Waals surface area contributed by atoms with Crippen LogP contribution in [0.15, 0.2) is 0 Å². The minimum absolute atomic E-state index is 0.668. The van der Waals surface area contributed by atoms with Gasteiger partial charge < -0.3 is 0 Å². The van der Waals surface area contributed by atoms with E-state index >= 15 is 0 Å². The van der Waals surface area contributed by atoms with E-state index < -0.39 is 16.8 Å². The maximum Gasteiger partial charge on any atom is 0.256 e. The number of hydrogen-bond donors (Lipinski definition) is 0. The summed E-state index contributed by atoms with van der Waals surface area (Å²) in [4.78, 5) is 10.2. The summed E-state index contributed by atoms with van der Waals surface area (Å²) < 4.78 is 12.6. The Kier molecular flexibility index (Phi) is 2.62. The van der Waals surface area contributed by atoms with E-state index in [1.807, 2.05) is 0 Å². The van der Waals surface area contributed by atoms with Crippen LogP contribution in [0.4, 0.5) is 4.39 Å². The fraction of sp³-hybridized carbons (Fsp3) is 0.833. The van der Waals surface area contributed by atoms with E-state index in [1.54, 1.807) is 20.8 Å². The maximum atomic E-state index is 12.6. The van der Waals surface area contributed by atoms with Crippen molar-refractivity contribution in [3.05, 3.63) is 0 Å². The zero-order valence-electron chi connectivity index (χ0n) is 5.74. The van der Waals surface area contributed by atoms with Gasteiger partial charge in [-0.05, 0) is 11.6 Å². The lowest BCUT2D eigenvalue weighted by molar-refractivity contribution is -0.119. The van der Waals surface area contributed by atoms with Crippen molar-refractivity contribution in [3.8, 4) is 0 Å². The van der Waals surface area contributed by atoms with Gasteiger partial charge in [0, 0.05) is 5.41 Å². The Morgan fingerprint density at radius 1 is 1.56 bits per heavy atom. The number of halogens is 2. The van der Waals surface area contributed by atoms with Crippen LogP contribution in [0.25, 0.3) is 0 Å². The number of hydrogen-bond acceptors (Lipinski definition) is 1. The number of carbonyl (C=O) groups excluding carboxylic acids is 1. The van der Waals surface area contributed by atoms with Gasteiger partial charge in [0.15, 0.2) is 6.17 Å². The summed E-state index contributed by atoms with van der Waals surface area (Å²) in [6, 6.07) is 0. The quantitative estimate of drug-likeness (QED) is 0.526. The molecule has 0 aliphatic carbocycles. The molecule has 0 amide bonds. The average molecular weight is 153 g/mol. The lowest BCUT2D eigenvalue weighted by Crippen LogP contribution is -2.26. The number of alkyl halides is 1. The van der Waals surface area contributed by atoms with Crippen molar-refractivity contribution in [2.75, 3.05) is 0 Å². The van der Waals surface area contributed by atoms with E-state index in [2.05, 4.69) is 0 Å². The van der Waals surface area contributed by atoms with Crippen molar-refractivity contribution in [2.24, 2.45) is 5.41 Å². The second-order valence-corrected chi connectivity index (χ2v) is 3.41. The van der Waals surface area contributed by atoms with Gasteiger partial charge in [-0.2, -0.15) is 0 Å². The Balaban J connectivity index is 4.04. The monoisotopic (exact) mass is 152 g/mol. The van der Waals surface area contributed by atoms with Crippen LogP contribution in [0.3, 0.4) is 0 Å². The van der Waals surface area contributed by atoms with Crippen molar-refractivity contribution >= 4 is 16.8 Å². The highest BCUT2D eigenvalue weighted by Gasteiger charge is 2.29. The molecule has 0 aliphatic heterocycles. The van der Waals surface area contributed by atoms with E-state index in [9.17, 15) is 9.18 Å². The summed E-state index contributed by atoms with van der Waals surface area (Å²) in [6.07, 6.45) is -1.56. The highest BCUT2D eigenvalue weighted by molar-refractivity contribution is 6.64. The van der Waals surface area contributed by atoms with Gasteiger partial charge in [0.2, 0.25) is 0 Å². The van der Waals surface area contributed by atoms with Gasteiger partial charge in [-0.15, -0.1) is 0 Å². The Morgan fingerprint density at radius 3 is 1.89 bits per heavy atom. The molecular weight excluding hydrogens is 143 g/mol. The summed E-state index contributed by atoms with van der Waals surface area (Å²) in [5.41, 5.74) is -0.668. The molecule has 0 spiro atoms. The van der Waals surface area contributed by atoms with Gasteiger partial charge in [-0.3, -0.25) is 4.79 Å². The zero-order valence-corrected chi connectivity index (χ0v) is 6.50. The van der Waals surface area contributed by atoms with Crippen molar-refractivity contribution in [3.63, 3.8) is 0 Å². The topological polar surface area (TPSA) is 17.1 Å². The van der Waals surface area contributed by atoms with Crippen LogP contribution in [-0.4, -0.2) is 11.4 Å². The molecule has 0 aromatic carbocycles. The standard InChI is InChI=1S/C6H10ClFO/c1-6(2,3)4(8)5(7)9/h4H,1-3H3. The largest absolute Gasteiger partial charge is 0.278 e. The Morgan fingerprint density at radius 2 is 1.89 bits per heavy atom. The summed E-state index contributed by atoms with van der Waals surface area (Å²) in [6.45, 7) is 4.87. The molecule has 0 aliphatic rings. The first-order chi connectivity index (χ1) is 3.85. The fourth-order valence-corrected chi connectivity index (χ4v) is 0.668. The molecular formula is C6H10ClFO. The van der Waals surface area contributed by atoms with Crippen molar-refractivity contribution in [1.29, 1.82) is 0 Å². The number of rotatable bonds is 1. The molecule has 1 atom stereocenters. The molecule has 3 heteroatoms. The predicted octanol–water partition coefficient (Wildman–Crippen LogP) is 2.14. The lowest BCUT2D eigenvalue weighted by atomic mass is 9.91. The van der Waals surface area contributed by atoms with Gasteiger partial charge in [-0.25, -0.2) is 4.39 Å². The SMILES string of the molecule is CC(C)(C)C(F)C(=O)Cl. The predicted molar refractivity (Wildman–Crippen MR) is 35.2 cm³/mol. The van der Waals surface area contributed by atoms with E-state index in [0.29, 0.717) is 0 Å². The van der Waals surface area contributed by atoms with Crippen LogP contribution in [0.2, 0.25) is 0 Å². The van der Waals surface area contributed by atoms with E-state index in [4.69, 9.17) is 11.6 Å². The summed E-state index contributed by atoms with van der Waals surface area (Å²) in [5, 5.41) is -0.914. The Labute approximate surface area is 59.2 Å². The molecule has 0 fully saturated rings. The van der Waals surface area contributed by atoms with Crippen LogP contribution in [-0.2, 0) is 4.79 Å². The van der Waals surface area contributed by atoms with Gasteiger partial charge in [-0.1, -0.05) is 20.8 Å². The van der Waals surface area contributed by atoms with Crippen LogP contribution >= 0.6 is 11.6 Å².